The van der Waals surface area contributed by atoms with Gasteiger partial charge in [-0.1, -0.05) is 0 Å². The molecule has 3 heteroatoms. The number of thioether (sulfide) groups is 2. The first kappa shape index (κ1) is 11.7. The van der Waals surface area contributed by atoms with Gasteiger partial charge >= 0.3 is 0 Å². The largest absolute Gasteiger partial charge is 0.300 e. The van der Waals surface area contributed by atoms with Crippen LogP contribution in [0, 0.1) is 0 Å². The number of rotatable bonds is 4. The van der Waals surface area contributed by atoms with Crippen LogP contribution in [0.3, 0.4) is 0 Å². The molecule has 1 rings (SSSR count). The van der Waals surface area contributed by atoms with Gasteiger partial charge in [0.05, 0.1) is 0 Å². The number of Topliss-reactive ketones (excluding diaryl/α,β-unsaturated/α-hetero) is 1. The van der Waals surface area contributed by atoms with E-state index in [2.05, 4.69) is 30.7 Å². The molecule has 0 atom stereocenters. The summed E-state index contributed by atoms with van der Waals surface area (Å²) >= 11 is 3.43. The molecule has 1 aromatic carbocycles. The molecule has 0 bridgehead atoms. The Morgan fingerprint density at radius 1 is 1.14 bits per heavy atom. The molecule has 1 aromatic rings. The van der Waals surface area contributed by atoms with Gasteiger partial charge in [-0.2, -0.15) is 0 Å². The Morgan fingerprint density at radius 3 is 2.00 bits per heavy atom. The fourth-order valence-corrected chi connectivity index (χ4v) is 2.36. The number of carbonyl (C=O) groups excluding carboxylic acids is 1. The van der Waals surface area contributed by atoms with E-state index >= 15 is 0 Å². The predicted octanol–water partition coefficient (Wildman–Crippen LogP) is 3.26. The molecule has 0 fully saturated rings. The molecule has 0 spiro atoms. The first-order valence-electron chi connectivity index (χ1n) is 4.37. The summed E-state index contributed by atoms with van der Waals surface area (Å²) in [4.78, 5) is 13.5. The quantitative estimate of drug-likeness (QED) is 0.734. The standard InChI is InChI=1S/C11H14OS2/c1-8(12)4-9-5-10(13-2)7-11(6-9)14-3/h5-7H,4H2,1-3H3. The van der Waals surface area contributed by atoms with Gasteiger partial charge < -0.3 is 0 Å². The molecule has 0 amide bonds. The second kappa shape index (κ2) is 5.47. The fourth-order valence-electron chi connectivity index (χ4n) is 1.26. The minimum Gasteiger partial charge on any atom is -0.300 e. The van der Waals surface area contributed by atoms with Gasteiger partial charge in [-0.3, -0.25) is 4.79 Å². The molecule has 0 unspecified atom stereocenters. The van der Waals surface area contributed by atoms with Gasteiger partial charge in [0.2, 0.25) is 0 Å². The van der Waals surface area contributed by atoms with Crippen LogP contribution in [0.5, 0.6) is 0 Å². The number of hydrogen-bond acceptors (Lipinski definition) is 3. The van der Waals surface area contributed by atoms with Gasteiger partial charge in [0.15, 0.2) is 0 Å². The van der Waals surface area contributed by atoms with E-state index in [1.54, 1.807) is 30.4 Å². The van der Waals surface area contributed by atoms with Crippen molar-refractivity contribution in [3.8, 4) is 0 Å². The van der Waals surface area contributed by atoms with Gasteiger partial charge in [0.25, 0.3) is 0 Å². The molecule has 76 valence electrons. The van der Waals surface area contributed by atoms with Crippen LogP contribution in [0.25, 0.3) is 0 Å². The summed E-state index contributed by atoms with van der Waals surface area (Å²) in [6, 6.07) is 6.33. The summed E-state index contributed by atoms with van der Waals surface area (Å²) in [7, 11) is 0. The maximum absolute atomic E-state index is 11.0. The van der Waals surface area contributed by atoms with E-state index in [-0.39, 0.29) is 5.78 Å². The minimum atomic E-state index is 0.218. The van der Waals surface area contributed by atoms with Crippen molar-refractivity contribution in [1.29, 1.82) is 0 Å². The molecule has 0 radical (unpaired) electrons. The van der Waals surface area contributed by atoms with Crippen LogP contribution in [-0.2, 0) is 11.2 Å². The molecule has 0 aromatic heterocycles. The lowest BCUT2D eigenvalue weighted by molar-refractivity contribution is -0.116. The number of ketones is 1. The summed E-state index contributed by atoms with van der Waals surface area (Å²) in [6.07, 6.45) is 4.65. The van der Waals surface area contributed by atoms with Crippen molar-refractivity contribution in [3.05, 3.63) is 23.8 Å². The van der Waals surface area contributed by atoms with Crippen molar-refractivity contribution in [2.75, 3.05) is 12.5 Å². The first-order valence-corrected chi connectivity index (χ1v) is 6.82. The molecule has 0 heterocycles. The van der Waals surface area contributed by atoms with E-state index < -0.39 is 0 Å². The Bertz CT molecular complexity index is 312. The zero-order chi connectivity index (χ0) is 10.6. The van der Waals surface area contributed by atoms with Crippen molar-refractivity contribution in [2.45, 2.75) is 23.1 Å². The van der Waals surface area contributed by atoms with Gasteiger partial charge in [-0.15, -0.1) is 23.5 Å². The van der Waals surface area contributed by atoms with Crippen LogP contribution < -0.4 is 0 Å². The monoisotopic (exact) mass is 226 g/mol. The Hall–Kier alpha value is -0.410. The molecule has 0 aliphatic carbocycles. The third-order valence-corrected chi connectivity index (χ3v) is 3.28. The van der Waals surface area contributed by atoms with Crippen LogP contribution in [0.2, 0.25) is 0 Å². The highest BCUT2D eigenvalue weighted by molar-refractivity contribution is 7.99. The Kier molecular flexibility index (Phi) is 4.55. The molecule has 0 N–H and O–H groups in total. The molecule has 0 aliphatic heterocycles. The van der Waals surface area contributed by atoms with Crippen LogP contribution in [0.4, 0.5) is 0 Å². The fraction of sp³-hybridized carbons (Fsp3) is 0.364. The topological polar surface area (TPSA) is 17.1 Å². The lowest BCUT2D eigenvalue weighted by atomic mass is 10.1. The number of benzene rings is 1. The third kappa shape index (κ3) is 3.39. The number of hydrogen-bond donors (Lipinski definition) is 0. The van der Waals surface area contributed by atoms with Gasteiger partial charge in [0, 0.05) is 16.2 Å². The normalized spacial score (nSPS) is 10.2. The summed E-state index contributed by atoms with van der Waals surface area (Å²) in [5.74, 6) is 0.218. The predicted molar refractivity (Wildman–Crippen MR) is 64.4 cm³/mol. The molecular weight excluding hydrogens is 212 g/mol. The third-order valence-electron chi connectivity index (χ3n) is 1.86. The van der Waals surface area contributed by atoms with E-state index in [1.807, 2.05) is 0 Å². The molecule has 0 saturated carbocycles. The van der Waals surface area contributed by atoms with Crippen LogP contribution in [0.1, 0.15) is 12.5 Å². The lowest BCUT2D eigenvalue weighted by Crippen LogP contribution is -1.96. The SMILES string of the molecule is CSc1cc(CC(C)=O)cc(SC)c1. The molecule has 1 nitrogen and oxygen atoms in total. The molecular formula is C11H14OS2. The van der Waals surface area contributed by atoms with Gasteiger partial charge in [0.1, 0.15) is 5.78 Å². The number of carbonyl (C=O) groups is 1. The lowest BCUT2D eigenvalue weighted by Gasteiger charge is -2.05. The highest BCUT2D eigenvalue weighted by atomic mass is 32.2. The van der Waals surface area contributed by atoms with E-state index in [4.69, 9.17) is 0 Å². The first-order chi connectivity index (χ1) is 6.65. The van der Waals surface area contributed by atoms with E-state index in [9.17, 15) is 4.79 Å². The summed E-state index contributed by atoms with van der Waals surface area (Å²) in [5, 5.41) is 0. The molecule has 0 aliphatic rings. The van der Waals surface area contributed by atoms with Crippen molar-refractivity contribution < 1.29 is 4.79 Å². The minimum absolute atomic E-state index is 0.218. The van der Waals surface area contributed by atoms with Crippen LogP contribution in [-0.4, -0.2) is 18.3 Å². The Balaban J connectivity index is 2.98. The summed E-state index contributed by atoms with van der Waals surface area (Å²) in [6.45, 7) is 1.63. The Morgan fingerprint density at radius 2 is 1.64 bits per heavy atom. The smallest absolute Gasteiger partial charge is 0.134 e. The Labute approximate surface area is 93.7 Å². The van der Waals surface area contributed by atoms with Crippen molar-refractivity contribution in [3.63, 3.8) is 0 Å². The van der Waals surface area contributed by atoms with Crippen LogP contribution >= 0.6 is 23.5 Å². The summed E-state index contributed by atoms with van der Waals surface area (Å²) < 4.78 is 0. The van der Waals surface area contributed by atoms with E-state index in [0.717, 1.165) is 5.56 Å². The summed E-state index contributed by atoms with van der Waals surface area (Å²) in [5.41, 5.74) is 1.12. The zero-order valence-corrected chi connectivity index (χ0v) is 10.3. The highest BCUT2D eigenvalue weighted by Crippen LogP contribution is 2.24. The second-order valence-electron chi connectivity index (χ2n) is 3.10. The average Bonchev–Trinajstić information content (AvgIpc) is 2.16. The maximum atomic E-state index is 11.0. The zero-order valence-electron chi connectivity index (χ0n) is 8.66. The maximum Gasteiger partial charge on any atom is 0.134 e. The van der Waals surface area contributed by atoms with Gasteiger partial charge in [-0.25, -0.2) is 0 Å². The van der Waals surface area contributed by atoms with Crippen molar-refractivity contribution >= 4 is 29.3 Å². The molecule has 0 saturated heterocycles. The second-order valence-corrected chi connectivity index (χ2v) is 4.86. The average molecular weight is 226 g/mol. The van der Waals surface area contributed by atoms with E-state index in [0.29, 0.717) is 6.42 Å². The molecule has 14 heavy (non-hydrogen) atoms. The van der Waals surface area contributed by atoms with Crippen LogP contribution in [0.15, 0.2) is 28.0 Å². The van der Waals surface area contributed by atoms with Crippen molar-refractivity contribution in [1.82, 2.24) is 0 Å². The highest BCUT2D eigenvalue weighted by Gasteiger charge is 2.02. The van der Waals surface area contributed by atoms with Gasteiger partial charge in [-0.05, 0) is 43.2 Å². The van der Waals surface area contributed by atoms with E-state index in [1.165, 1.54) is 9.79 Å². The van der Waals surface area contributed by atoms with Crippen molar-refractivity contribution in [2.24, 2.45) is 0 Å².